The third-order valence-corrected chi connectivity index (χ3v) is 3.29. The average Bonchev–Trinajstić information content (AvgIpc) is 2.59. The third kappa shape index (κ3) is 2.72. The summed E-state index contributed by atoms with van der Waals surface area (Å²) >= 11 is 5.28. The summed E-state index contributed by atoms with van der Waals surface area (Å²) < 4.78 is 8.30. The van der Waals surface area contributed by atoms with Gasteiger partial charge >= 0.3 is 0 Å². The van der Waals surface area contributed by atoms with Crippen LogP contribution in [0.4, 0.5) is 0 Å². The van der Waals surface area contributed by atoms with Crippen LogP contribution in [0.25, 0.3) is 0 Å². The van der Waals surface area contributed by atoms with E-state index in [1.54, 1.807) is 0 Å². The van der Waals surface area contributed by atoms with Gasteiger partial charge in [-0.3, -0.25) is 4.90 Å². The topological polar surface area (TPSA) is 33.2 Å². The van der Waals surface area contributed by atoms with Crippen LogP contribution in [-0.2, 0) is 4.74 Å². The summed E-state index contributed by atoms with van der Waals surface area (Å²) in [6.07, 6.45) is 2.09. The van der Waals surface area contributed by atoms with Crippen molar-refractivity contribution >= 4 is 12.2 Å². The van der Waals surface area contributed by atoms with E-state index >= 15 is 0 Å². The Morgan fingerprint density at radius 2 is 2.19 bits per heavy atom. The van der Waals surface area contributed by atoms with E-state index in [9.17, 15) is 0 Å². The standard InChI is InChI=1S/C11H19N3OS/c1-9-7-14(11(16)12-9)10(2)8-13-3-5-15-6-4-13/h7,10H,3-6,8H2,1-2H3,(H,12,16). The largest absolute Gasteiger partial charge is 0.379 e. The molecule has 1 saturated heterocycles. The molecular formula is C11H19N3OS. The van der Waals surface area contributed by atoms with Crippen LogP contribution >= 0.6 is 12.2 Å². The van der Waals surface area contributed by atoms with Crippen LogP contribution in [-0.4, -0.2) is 47.3 Å². The first-order valence-corrected chi connectivity index (χ1v) is 6.15. The third-order valence-electron chi connectivity index (χ3n) is 2.97. The van der Waals surface area contributed by atoms with E-state index in [0.717, 1.165) is 43.3 Å². The fourth-order valence-corrected chi connectivity index (χ4v) is 2.50. The minimum absolute atomic E-state index is 0.413. The maximum Gasteiger partial charge on any atom is 0.177 e. The number of nitrogens with zero attached hydrogens (tertiary/aromatic N) is 2. The van der Waals surface area contributed by atoms with Gasteiger partial charge in [0.15, 0.2) is 4.77 Å². The molecule has 0 aromatic carbocycles. The number of imidazole rings is 1. The zero-order valence-electron chi connectivity index (χ0n) is 9.90. The zero-order chi connectivity index (χ0) is 11.5. The minimum atomic E-state index is 0.413. The molecule has 2 rings (SSSR count). The molecule has 0 aliphatic carbocycles. The highest BCUT2D eigenvalue weighted by Gasteiger charge is 2.15. The SMILES string of the molecule is Cc1cn(C(C)CN2CCOCC2)c(=S)[nH]1. The van der Waals surface area contributed by atoms with Crippen LogP contribution < -0.4 is 0 Å². The van der Waals surface area contributed by atoms with Gasteiger partial charge in [-0.2, -0.15) is 0 Å². The highest BCUT2D eigenvalue weighted by atomic mass is 32.1. The van der Waals surface area contributed by atoms with Crippen molar-refractivity contribution < 1.29 is 4.74 Å². The summed E-state index contributed by atoms with van der Waals surface area (Å²) in [4.78, 5) is 5.59. The maximum atomic E-state index is 5.34. The summed E-state index contributed by atoms with van der Waals surface area (Å²) in [5.41, 5.74) is 1.12. The van der Waals surface area contributed by atoms with E-state index in [-0.39, 0.29) is 0 Å². The lowest BCUT2D eigenvalue weighted by molar-refractivity contribution is 0.0325. The van der Waals surface area contributed by atoms with Crippen molar-refractivity contribution in [3.63, 3.8) is 0 Å². The summed E-state index contributed by atoms with van der Waals surface area (Å²) in [6.45, 7) is 9.04. The highest BCUT2D eigenvalue weighted by molar-refractivity contribution is 7.71. The number of morpholine rings is 1. The van der Waals surface area contributed by atoms with Gasteiger partial charge in [-0.05, 0) is 26.1 Å². The Kier molecular flexibility index (Phi) is 3.78. The van der Waals surface area contributed by atoms with Crippen LogP contribution in [0.15, 0.2) is 6.20 Å². The van der Waals surface area contributed by atoms with Crippen LogP contribution in [0.3, 0.4) is 0 Å². The lowest BCUT2D eigenvalue weighted by Crippen LogP contribution is -2.39. The highest BCUT2D eigenvalue weighted by Crippen LogP contribution is 2.11. The molecule has 0 radical (unpaired) electrons. The van der Waals surface area contributed by atoms with Gasteiger partial charge in [0.25, 0.3) is 0 Å². The van der Waals surface area contributed by atoms with E-state index in [1.165, 1.54) is 0 Å². The van der Waals surface area contributed by atoms with Gasteiger partial charge in [0.1, 0.15) is 0 Å². The van der Waals surface area contributed by atoms with E-state index in [4.69, 9.17) is 17.0 Å². The summed E-state index contributed by atoms with van der Waals surface area (Å²) in [5, 5.41) is 0. The van der Waals surface area contributed by atoms with E-state index in [2.05, 4.69) is 27.6 Å². The second-order valence-electron chi connectivity index (χ2n) is 4.41. The van der Waals surface area contributed by atoms with Crippen molar-refractivity contribution in [1.82, 2.24) is 14.5 Å². The van der Waals surface area contributed by atoms with Gasteiger partial charge in [-0.1, -0.05) is 0 Å². The number of rotatable bonds is 3. The normalized spacial score (nSPS) is 19.9. The number of hydrogen-bond donors (Lipinski definition) is 1. The van der Waals surface area contributed by atoms with Crippen LogP contribution in [0.5, 0.6) is 0 Å². The van der Waals surface area contributed by atoms with Gasteiger partial charge in [0, 0.05) is 37.6 Å². The summed E-state index contributed by atoms with van der Waals surface area (Å²) in [6, 6.07) is 0.413. The van der Waals surface area contributed by atoms with E-state index in [0.29, 0.717) is 6.04 Å². The summed E-state index contributed by atoms with van der Waals surface area (Å²) in [7, 11) is 0. The Morgan fingerprint density at radius 1 is 1.50 bits per heavy atom. The molecule has 1 aromatic rings. The molecule has 90 valence electrons. The number of ether oxygens (including phenoxy) is 1. The monoisotopic (exact) mass is 241 g/mol. The van der Waals surface area contributed by atoms with Gasteiger partial charge in [-0.15, -0.1) is 0 Å². The van der Waals surface area contributed by atoms with Gasteiger partial charge in [0.05, 0.1) is 13.2 Å². The molecule has 2 heterocycles. The Labute approximate surface area is 101 Å². The van der Waals surface area contributed by atoms with Crippen LogP contribution in [0, 0.1) is 11.7 Å². The second kappa shape index (κ2) is 5.12. The fourth-order valence-electron chi connectivity index (χ4n) is 2.11. The van der Waals surface area contributed by atoms with Gasteiger partial charge < -0.3 is 14.3 Å². The Morgan fingerprint density at radius 3 is 2.75 bits per heavy atom. The fraction of sp³-hybridized carbons (Fsp3) is 0.727. The van der Waals surface area contributed by atoms with Crippen molar-refractivity contribution in [2.24, 2.45) is 0 Å². The van der Waals surface area contributed by atoms with Crippen molar-refractivity contribution in [3.8, 4) is 0 Å². The molecule has 0 amide bonds. The molecular weight excluding hydrogens is 222 g/mol. The Hall–Kier alpha value is -0.650. The molecule has 0 spiro atoms. The quantitative estimate of drug-likeness (QED) is 0.818. The smallest absolute Gasteiger partial charge is 0.177 e. The van der Waals surface area contributed by atoms with Gasteiger partial charge in [0.2, 0.25) is 0 Å². The number of H-pyrrole nitrogens is 1. The Bertz CT molecular complexity index is 392. The molecule has 1 fully saturated rings. The van der Waals surface area contributed by atoms with Crippen molar-refractivity contribution in [3.05, 3.63) is 16.7 Å². The molecule has 5 heteroatoms. The van der Waals surface area contributed by atoms with Gasteiger partial charge in [-0.25, -0.2) is 0 Å². The molecule has 1 aliphatic rings. The molecule has 1 N–H and O–H groups in total. The second-order valence-corrected chi connectivity index (χ2v) is 4.80. The number of nitrogens with one attached hydrogen (secondary N) is 1. The minimum Gasteiger partial charge on any atom is -0.379 e. The molecule has 1 aliphatic heterocycles. The molecule has 0 bridgehead atoms. The number of aromatic amines is 1. The van der Waals surface area contributed by atoms with Crippen LogP contribution in [0.2, 0.25) is 0 Å². The van der Waals surface area contributed by atoms with Crippen LogP contribution in [0.1, 0.15) is 18.7 Å². The first-order chi connectivity index (χ1) is 7.66. The molecule has 1 unspecified atom stereocenters. The lowest BCUT2D eigenvalue weighted by atomic mass is 10.3. The molecule has 0 saturated carbocycles. The zero-order valence-corrected chi connectivity index (χ0v) is 10.7. The maximum absolute atomic E-state index is 5.34. The molecule has 16 heavy (non-hydrogen) atoms. The Balaban J connectivity index is 1.99. The lowest BCUT2D eigenvalue weighted by Gasteiger charge is -2.29. The van der Waals surface area contributed by atoms with Crippen molar-refractivity contribution in [2.75, 3.05) is 32.8 Å². The summed E-state index contributed by atoms with van der Waals surface area (Å²) in [5.74, 6) is 0. The number of aromatic nitrogens is 2. The number of hydrogen-bond acceptors (Lipinski definition) is 3. The first kappa shape index (κ1) is 11.8. The van der Waals surface area contributed by atoms with E-state index in [1.807, 2.05) is 6.92 Å². The predicted molar refractivity (Wildman–Crippen MR) is 66.3 cm³/mol. The molecule has 4 nitrogen and oxygen atoms in total. The van der Waals surface area contributed by atoms with Crippen molar-refractivity contribution in [2.45, 2.75) is 19.9 Å². The predicted octanol–water partition coefficient (Wildman–Crippen LogP) is 1.75. The molecule has 1 atom stereocenters. The van der Waals surface area contributed by atoms with Crippen molar-refractivity contribution in [1.29, 1.82) is 0 Å². The molecule has 1 aromatic heterocycles. The van der Waals surface area contributed by atoms with E-state index < -0.39 is 0 Å². The average molecular weight is 241 g/mol. The first-order valence-electron chi connectivity index (χ1n) is 5.74. The number of aryl methyl sites for hydroxylation is 1.